The normalized spacial score (nSPS) is 12.1. The maximum Gasteiger partial charge on any atom is 0.433 e. The van der Waals surface area contributed by atoms with Crippen LogP contribution in [0.25, 0.3) is 22.4 Å². The minimum atomic E-state index is -4.50. The summed E-state index contributed by atoms with van der Waals surface area (Å²) in [5.41, 5.74) is 0.587. The molecule has 0 radical (unpaired) electrons. The van der Waals surface area contributed by atoms with E-state index in [0.717, 1.165) is 26.9 Å². The Labute approximate surface area is 148 Å². The quantitative estimate of drug-likeness (QED) is 0.568. The molecule has 3 heterocycles. The third kappa shape index (κ3) is 3.02. The van der Waals surface area contributed by atoms with E-state index in [1.54, 1.807) is 35.6 Å². The Kier molecular flexibility index (Phi) is 4.56. The van der Waals surface area contributed by atoms with E-state index in [1.165, 1.54) is 6.20 Å². The van der Waals surface area contributed by atoms with Crippen LogP contribution in [0.4, 0.5) is 13.2 Å². The van der Waals surface area contributed by atoms with Gasteiger partial charge in [-0.1, -0.05) is 6.92 Å². The predicted molar refractivity (Wildman–Crippen MR) is 90.8 cm³/mol. The molecule has 3 rings (SSSR count). The van der Waals surface area contributed by atoms with Crippen molar-refractivity contribution in [3.63, 3.8) is 0 Å². The standard InChI is InChI=1S/C15H12BrF3N4S/c1-3-24-14-12(8(16)4-5-20-14)13-22-9-6-11(15(17,18)19)21-7-10(9)23(13)2/h4-7H,3H2,1-2H3. The molecule has 0 fully saturated rings. The molecule has 0 bridgehead atoms. The molecule has 0 atom stereocenters. The summed E-state index contributed by atoms with van der Waals surface area (Å²) in [5.74, 6) is 1.36. The van der Waals surface area contributed by atoms with Gasteiger partial charge in [0.05, 0.1) is 22.8 Å². The summed E-state index contributed by atoms with van der Waals surface area (Å²) in [6.07, 6.45) is -1.62. The summed E-state index contributed by atoms with van der Waals surface area (Å²) in [5, 5.41) is 0.772. The van der Waals surface area contributed by atoms with Crippen LogP contribution in [-0.2, 0) is 13.2 Å². The van der Waals surface area contributed by atoms with Crippen molar-refractivity contribution in [3.8, 4) is 11.4 Å². The number of fused-ring (bicyclic) bond motifs is 1. The highest BCUT2D eigenvalue weighted by Gasteiger charge is 2.33. The number of nitrogens with zero attached hydrogens (tertiary/aromatic N) is 4. The Morgan fingerprint density at radius 2 is 2.04 bits per heavy atom. The van der Waals surface area contributed by atoms with Crippen LogP contribution in [0.1, 0.15) is 12.6 Å². The molecular formula is C15H12BrF3N4S. The molecule has 4 nitrogen and oxygen atoms in total. The lowest BCUT2D eigenvalue weighted by atomic mass is 10.2. The van der Waals surface area contributed by atoms with E-state index in [2.05, 4.69) is 30.9 Å². The molecular weight excluding hydrogens is 405 g/mol. The molecule has 0 aromatic carbocycles. The zero-order valence-corrected chi connectivity index (χ0v) is 15.1. The monoisotopic (exact) mass is 416 g/mol. The van der Waals surface area contributed by atoms with Crippen molar-refractivity contribution in [3.05, 3.63) is 34.7 Å². The van der Waals surface area contributed by atoms with Crippen LogP contribution in [0, 0.1) is 0 Å². The van der Waals surface area contributed by atoms with Crippen LogP contribution in [0.3, 0.4) is 0 Å². The maximum absolute atomic E-state index is 12.9. The Morgan fingerprint density at radius 3 is 2.71 bits per heavy atom. The molecule has 0 aliphatic rings. The zero-order chi connectivity index (χ0) is 17.5. The minimum Gasteiger partial charge on any atom is -0.326 e. The van der Waals surface area contributed by atoms with Gasteiger partial charge in [-0.3, -0.25) is 0 Å². The summed E-state index contributed by atoms with van der Waals surface area (Å²) in [7, 11) is 1.75. The number of aryl methyl sites for hydroxylation is 1. The third-order valence-corrected chi connectivity index (χ3v) is 4.96. The summed E-state index contributed by atoms with van der Waals surface area (Å²) < 4.78 is 41.1. The smallest absolute Gasteiger partial charge is 0.326 e. The van der Waals surface area contributed by atoms with Crippen LogP contribution in [0.5, 0.6) is 0 Å². The molecule has 0 amide bonds. The largest absolute Gasteiger partial charge is 0.433 e. The fourth-order valence-corrected chi connectivity index (χ4v) is 3.71. The molecule has 3 aromatic heterocycles. The molecule has 3 aromatic rings. The van der Waals surface area contributed by atoms with E-state index < -0.39 is 11.9 Å². The summed E-state index contributed by atoms with van der Waals surface area (Å²) >= 11 is 5.04. The number of hydrogen-bond donors (Lipinski definition) is 0. The minimum absolute atomic E-state index is 0.248. The van der Waals surface area contributed by atoms with Crippen molar-refractivity contribution in [2.75, 3.05) is 5.75 Å². The first kappa shape index (κ1) is 17.2. The van der Waals surface area contributed by atoms with E-state index in [4.69, 9.17) is 0 Å². The lowest BCUT2D eigenvalue weighted by Crippen LogP contribution is -2.07. The molecule has 0 aliphatic carbocycles. The Morgan fingerprint density at radius 1 is 1.29 bits per heavy atom. The molecule has 0 unspecified atom stereocenters. The molecule has 0 spiro atoms. The van der Waals surface area contributed by atoms with Crippen molar-refractivity contribution in [2.24, 2.45) is 7.05 Å². The SMILES string of the molecule is CCSc1nccc(Br)c1-c1nc2cc(C(F)(F)F)ncc2n1C. The van der Waals surface area contributed by atoms with Gasteiger partial charge in [0, 0.05) is 17.7 Å². The van der Waals surface area contributed by atoms with Gasteiger partial charge in [0.25, 0.3) is 0 Å². The first-order valence-corrected chi connectivity index (χ1v) is 8.78. The fourth-order valence-electron chi connectivity index (χ4n) is 2.34. The van der Waals surface area contributed by atoms with Gasteiger partial charge >= 0.3 is 6.18 Å². The van der Waals surface area contributed by atoms with Crippen LogP contribution in [0.2, 0.25) is 0 Å². The second kappa shape index (κ2) is 6.36. The number of hydrogen-bond acceptors (Lipinski definition) is 4. The first-order valence-electron chi connectivity index (χ1n) is 7.00. The maximum atomic E-state index is 12.9. The van der Waals surface area contributed by atoms with E-state index in [-0.39, 0.29) is 5.52 Å². The molecule has 0 aliphatic heterocycles. The summed E-state index contributed by atoms with van der Waals surface area (Å²) in [6, 6.07) is 2.75. The van der Waals surface area contributed by atoms with Crippen LogP contribution >= 0.6 is 27.7 Å². The number of imidazole rings is 1. The van der Waals surface area contributed by atoms with Crippen LogP contribution in [-0.4, -0.2) is 25.3 Å². The highest BCUT2D eigenvalue weighted by atomic mass is 79.9. The van der Waals surface area contributed by atoms with Gasteiger partial charge in [-0.25, -0.2) is 15.0 Å². The number of halogens is 4. The summed E-state index contributed by atoms with van der Waals surface area (Å²) in [6.45, 7) is 2.01. The molecule has 0 N–H and O–H groups in total. The zero-order valence-electron chi connectivity index (χ0n) is 12.7. The topological polar surface area (TPSA) is 43.6 Å². The highest BCUT2D eigenvalue weighted by Crippen LogP contribution is 2.37. The van der Waals surface area contributed by atoms with Crippen molar-refractivity contribution >= 4 is 38.7 Å². The highest BCUT2D eigenvalue weighted by molar-refractivity contribution is 9.10. The first-order chi connectivity index (χ1) is 11.3. The number of rotatable bonds is 3. The van der Waals surface area contributed by atoms with Gasteiger partial charge in [0.2, 0.25) is 0 Å². The average Bonchev–Trinajstić information content (AvgIpc) is 2.83. The summed E-state index contributed by atoms with van der Waals surface area (Å²) in [4.78, 5) is 12.3. The Bertz CT molecular complexity index is 908. The van der Waals surface area contributed by atoms with Crippen LogP contribution < -0.4 is 0 Å². The molecule has 126 valence electrons. The van der Waals surface area contributed by atoms with Crippen molar-refractivity contribution in [1.82, 2.24) is 19.5 Å². The predicted octanol–water partition coefficient (Wildman–Crippen LogP) is 4.92. The van der Waals surface area contributed by atoms with Crippen molar-refractivity contribution < 1.29 is 13.2 Å². The number of alkyl halides is 3. The van der Waals surface area contributed by atoms with E-state index in [0.29, 0.717) is 11.3 Å². The molecule has 0 saturated carbocycles. The van der Waals surface area contributed by atoms with Gasteiger partial charge in [-0.05, 0) is 33.8 Å². The fraction of sp³-hybridized carbons (Fsp3) is 0.267. The Balaban J connectivity index is 2.23. The van der Waals surface area contributed by atoms with Gasteiger partial charge in [0.15, 0.2) is 0 Å². The van der Waals surface area contributed by atoms with Crippen LogP contribution in [0.15, 0.2) is 34.0 Å². The Hall–Kier alpha value is -1.61. The molecule has 24 heavy (non-hydrogen) atoms. The second-order valence-electron chi connectivity index (χ2n) is 4.96. The van der Waals surface area contributed by atoms with Gasteiger partial charge in [-0.2, -0.15) is 13.2 Å². The number of thioether (sulfide) groups is 1. The van der Waals surface area contributed by atoms with E-state index in [9.17, 15) is 13.2 Å². The lowest BCUT2D eigenvalue weighted by Gasteiger charge is -2.09. The van der Waals surface area contributed by atoms with Gasteiger partial charge in [-0.15, -0.1) is 11.8 Å². The second-order valence-corrected chi connectivity index (χ2v) is 7.06. The molecule has 9 heteroatoms. The number of pyridine rings is 2. The lowest BCUT2D eigenvalue weighted by molar-refractivity contribution is -0.141. The van der Waals surface area contributed by atoms with Gasteiger partial charge < -0.3 is 4.57 Å². The van der Waals surface area contributed by atoms with Crippen molar-refractivity contribution in [1.29, 1.82) is 0 Å². The van der Waals surface area contributed by atoms with Crippen molar-refractivity contribution in [2.45, 2.75) is 18.1 Å². The average molecular weight is 417 g/mol. The number of aromatic nitrogens is 4. The van der Waals surface area contributed by atoms with Gasteiger partial charge in [0.1, 0.15) is 16.5 Å². The van der Waals surface area contributed by atoms with E-state index in [1.807, 2.05) is 6.92 Å². The molecule has 0 saturated heterocycles. The van der Waals surface area contributed by atoms with E-state index >= 15 is 0 Å². The third-order valence-electron chi connectivity index (χ3n) is 3.43.